The quantitative estimate of drug-likeness (QED) is 0.775. The fourth-order valence-electron chi connectivity index (χ4n) is 2.20. The number of nitriles is 1. The second-order valence-electron chi connectivity index (χ2n) is 5.05. The minimum atomic E-state index is -0.879. The molecule has 1 fully saturated rings. The first-order chi connectivity index (χ1) is 9.97. The lowest BCUT2D eigenvalue weighted by Crippen LogP contribution is -2.48. The fourth-order valence-corrected chi connectivity index (χ4v) is 2.56. The lowest BCUT2D eigenvalue weighted by Gasteiger charge is -2.37. The van der Waals surface area contributed by atoms with E-state index in [2.05, 4.69) is 26.6 Å². The van der Waals surface area contributed by atoms with Crippen LogP contribution < -0.4 is 10.6 Å². The Labute approximate surface area is 130 Å². The van der Waals surface area contributed by atoms with Crippen molar-refractivity contribution < 1.29 is 14.7 Å². The predicted molar refractivity (Wildman–Crippen MR) is 79.8 cm³/mol. The largest absolute Gasteiger partial charge is 0.481 e. The van der Waals surface area contributed by atoms with E-state index >= 15 is 0 Å². The molecule has 0 aliphatic heterocycles. The fraction of sp³-hybridized carbons (Fsp3) is 0.357. The zero-order valence-corrected chi connectivity index (χ0v) is 12.7. The van der Waals surface area contributed by atoms with E-state index in [1.54, 1.807) is 18.2 Å². The maximum Gasteiger partial charge on any atom is 0.319 e. The molecule has 1 saturated carbocycles. The van der Waals surface area contributed by atoms with E-state index in [1.807, 2.05) is 6.07 Å². The second kappa shape index (κ2) is 6.14. The molecule has 0 unspecified atom stereocenters. The number of carbonyl (C=O) groups is 2. The number of urea groups is 1. The molecule has 0 saturated heterocycles. The van der Waals surface area contributed by atoms with Crippen LogP contribution >= 0.6 is 15.9 Å². The van der Waals surface area contributed by atoms with Crippen molar-refractivity contribution in [1.82, 2.24) is 5.32 Å². The lowest BCUT2D eigenvalue weighted by molar-refractivity contribution is -0.153. The van der Waals surface area contributed by atoms with Gasteiger partial charge in [-0.15, -0.1) is 0 Å². The summed E-state index contributed by atoms with van der Waals surface area (Å²) in [6.45, 7) is 0.0899. The van der Waals surface area contributed by atoms with Gasteiger partial charge in [0.05, 0.1) is 16.7 Å². The van der Waals surface area contributed by atoms with Gasteiger partial charge in [-0.05, 0) is 31.0 Å². The molecule has 6 nitrogen and oxygen atoms in total. The topological polar surface area (TPSA) is 102 Å². The molecule has 2 amide bonds. The third-order valence-electron chi connectivity index (χ3n) is 3.70. The van der Waals surface area contributed by atoms with E-state index in [9.17, 15) is 14.7 Å². The Bertz CT molecular complexity index is 620. The van der Waals surface area contributed by atoms with Crippen molar-refractivity contribution >= 4 is 33.6 Å². The van der Waals surface area contributed by atoms with Crippen LogP contribution in [0.15, 0.2) is 22.7 Å². The third kappa shape index (κ3) is 3.34. The molecule has 7 heteroatoms. The number of anilines is 1. The highest BCUT2D eigenvalue weighted by Gasteiger charge is 2.44. The Morgan fingerprint density at radius 3 is 2.67 bits per heavy atom. The van der Waals surface area contributed by atoms with Crippen LogP contribution in [-0.4, -0.2) is 23.7 Å². The number of hydrogen-bond donors (Lipinski definition) is 3. The number of carboxylic acid groups (broad SMARTS) is 1. The number of hydrogen-bond acceptors (Lipinski definition) is 3. The molecule has 0 heterocycles. The molecular weight excluding hydrogens is 338 g/mol. The van der Waals surface area contributed by atoms with Crippen LogP contribution in [0.25, 0.3) is 0 Å². The standard InChI is InChI=1S/C14H14BrN3O3/c15-10-2-3-11(9(6-10)7-16)18-13(21)17-8-14(12(19)20)4-1-5-14/h2-3,6H,1,4-5,8H2,(H,19,20)(H2,17,18,21). The van der Waals surface area contributed by atoms with Gasteiger partial charge in [0.1, 0.15) is 6.07 Å². The zero-order chi connectivity index (χ0) is 15.5. The van der Waals surface area contributed by atoms with Crippen LogP contribution in [0.4, 0.5) is 10.5 Å². The Morgan fingerprint density at radius 1 is 1.43 bits per heavy atom. The maximum atomic E-state index is 11.8. The van der Waals surface area contributed by atoms with E-state index < -0.39 is 17.4 Å². The number of carboxylic acids is 1. The zero-order valence-electron chi connectivity index (χ0n) is 11.1. The van der Waals surface area contributed by atoms with Crippen LogP contribution in [0.3, 0.4) is 0 Å². The van der Waals surface area contributed by atoms with Crippen LogP contribution in [-0.2, 0) is 4.79 Å². The van der Waals surface area contributed by atoms with Crippen molar-refractivity contribution in [3.05, 3.63) is 28.2 Å². The van der Waals surface area contributed by atoms with Crippen molar-refractivity contribution in [1.29, 1.82) is 5.26 Å². The summed E-state index contributed by atoms with van der Waals surface area (Å²) >= 11 is 3.25. The smallest absolute Gasteiger partial charge is 0.319 e. The minimum absolute atomic E-state index is 0.0899. The molecule has 0 bridgehead atoms. The Morgan fingerprint density at radius 2 is 2.14 bits per heavy atom. The van der Waals surface area contributed by atoms with Gasteiger partial charge in [-0.2, -0.15) is 5.26 Å². The molecule has 110 valence electrons. The van der Waals surface area contributed by atoms with Crippen LogP contribution in [0.1, 0.15) is 24.8 Å². The van der Waals surface area contributed by atoms with Gasteiger partial charge in [0.2, 0.25) is 0 Å². The maximum absolute atomic E-state index is 11.8. The van der Waals surface area contributed by atoms with Crippen molar-refractivity contribution in [2.45, 2.75) is 19.3 Å². The molecule has 0 aromatic heterocycles. The number of halogens is 1. The van der Waals surface area contributed by atoms with E-state index in [1.165, 1.54) is 0 Å². The number of amides is 2. The molecule has 0 radical (unpaired) electrons. The van der Waals surface area contributed by atoms with E-state index in [4.69, 9.17) is 5.26 Å². The van der Waals surface area contributed by atoms with E-state index in [-0.39, 0.29) is 6.54 Å². The Balaban J connectivity index is 1.97. The summed E-state index contributed by atoms with van der Waals surface area (Å²) in [5.74, 6) is -0.879. The summed E-state index contributed by atoms with van der Waals surface area (Å²) in [6.07, 6.45) is 2.01. The van der Waals surface area contributed by atoms with E-state index in [0.717, 1.165) is 10.9 Å². The first kappa shape index (κ1) is 15.3. The molecule has 1 aliphatic rings. The van der Waals surface area contributed by atoms with Gasteiger partial charge in [0.25, 0.3) is 0 Å². The highest BCUT2D eigenvalue weighted by molar-refractivity contribution is 9.10. The molecule has 1 aromatic rings. The Kier molecular flexibility index (Phi) is 4.48. The van der Waals surface area contributed by atoms with E-state index in [0.29, 0.717) is 24.1 Å². The highest BCUT2D eigenvalue weighted by atomic mass is 79.9. The summed E-state index contributed by atoms with van der Waals surface area (Å²) in [5.41, 5.74) is -0.123. The summed E-state index contributed by atoms with van der Waals surface area (Å²) in [7, 11) is 0. The molecule has 1 aromatic carbocycles. The number of carbonyl (C=O) groups excluding carboxylic acids is 1. The number of nitrogens with zero attached hydrogens (tertiary/aromatic N) is 1. The summed E-state index contributed by atoms with van der Waals surface area (Å²) in [4.78, 5) is 23.0. The van der Waals surface area contributed by atoms with Gasteiger partial charge in [-0.25, -0.2) is 4.79 Å². The van der Waals surface area contributed by atoms with Gasteiger partial charge < -0.3 is 15.7 Å². The van der Waals surface area contributed by atoms with Crippen molar-refractivity contribution in [3.8, 4) is 6.07 Å². The monoisotopic (exact) mass is 351 g/mol. The summed E-state index contributed by atoms with van der Waals surface area (Å²) in [6, 6.07) is 6.39. The highest BCUT2D eigenvalue weighted by Crippen LogP contribution is 2.40. The summed E-state index contributed by atoms with van der Waals surface area (Å²) in [5, 5.41) is 23.3. The van der Waals surface area contributed by atoms with Crippen molar-refractivity contribution in [2.75, 3.05) is 11.9 Å². The first-order valence-corrected chi connectivity index (χ1v) is 7.24. The van der Waals surface area contributed by atoms with Gasteiger partial charge in [0.15, 0.2) is 0 Å². The number of aliphatic carboxylic acids is 1. The summed E-state index contributed by atoms with van der Waals surface area (Å²) < 4.78 is 0.740. The molecule has 3 N–H and O–H groups in total. The third-order valence-corrected chi connectivity index (χ3v) is 4.20. The molecule has 2 rings (SSSR count). The average Bonchev–Trinajstić information content (AvgIpc) is 2.39. The van der Waals surface area contributed by atoms with Gasteiger partial charge >= 0.3 is 12.0 Å². The van der Waals surface area contributed by atoms with Crippen LogP contribution in [0.2, 0.25) is 0 Å². The van der Waals surface area contributed by atoms with Gasteiger partial charge in [-0.1, -0.05) is 22.4 Å². The SMILES string of the molecule is N#Cc1cc(Br)ccc1NC(=O)NCC1(C(=O)O)CCC1. The van der Waals surface area contributed by atoms with Crippen LogP contribution in [0, 0.1) is 16.7 Å². The molecule has 0 atom stereocenters. The molecular formula is C14H14BrN3O3. The first-order valence-electron chi connectivity index (χ1n) is 6.45. The average molecular weight is 352 g/mol. The molecule has 21 heavy (non-hydrogen) atoms. The molecule has 1 aliphatic carbocycles. The second-order valence-corrected chi connectivity index (χ2v) is 5.96. The van der Waals surface area contributed by atoms with Crippen LogP contribution in [0.5, 0.6) is 0 Å². The normalized spacial score (nSPS) is 15.4. The number of rotatable bonds is 4. The minimum Gasteiger partial charge on any atom is -0.481 e. The molecule has 0 spiro atoms. The number of nitrogens with one attached hydrogen (secondary N) is 2. The lowest BCUT2D eigenvalue weighted by atomic mass is 9.69. The predicted octanol–water partition coefficient (Wildman–Crippen LogP) is 2.70. The van der Waals surface area contributed by atoms with Gasteiger partial charge in [0, 0.05) is 11.0 Å². The van der Waals surface area contributed by atoms with Gasteiger partial charge in [-0.3, -0.25) is 4.79 Å². The van der Waals surface area contributed by atoms with Crippen molar-refractivity contribution in [3.63, 3.8) is 0 Å². The number of benzene rings is 1. The Hall–Kier alpha value is -2.07. The van der Waals surface area contributed by atoms with Crippen molar-refractivity contribution in [2.24, 2.45) is 5.41 Å².